The van der Waals surface area contributed by atoms with E-state index in [4.69, 9.17) is 5.11 Å². The lowest BCUT2D eigenvalue weighted by Crippen LogP contribution is -2.37. The van der Waals surface area contributed by atoms with Crippen LogP contribution in [0.2, 0.25) is 0 Å². The standard InChI is InChI=1S/C13H19N3O3/c1-16-8-10(7-15-16)12(17)14-6-9-4-2-3-5-11(9)13(18)19/h7-9,11H,2-6H2,1H3,(H,14,17)(H,18,19). The zero-order chi connectivity index (χ0) is 13.8. The molecule has 0 aromatic carbocycles. The van der Waals surface area contributed by atoms with Gasteiger partial charge in [0.1, 0.15) is 0 Å². The first-order valence-corrected chi connectivity index (χ1v) is 6.57. The van der Waals surface area contributed by atoms with Crippen LogP contribution in [0.15, 0.2) is 12.4 Å². The van der Waals surface area contributed by atoms with E-state index >= 15 is 0 Å². The van der Waals surface area contributed by atoms with Crippen molar-refractivity contribution in [2.24, 2.45) is 18.9 Å². The summed E-state index contributed by atoms with van der Waals surface area (Å²) in [4.78, 5) is 23.0. The van der Waals surface area contributed by atoms with Crippen molar-refractivity contribution in [2.75, 3.05) is 6.54 Å². The van der Waals surface area contributed by atoms with Crippen molar-refractivity contribution in [1.29, 1.82) is 0 Å². The highest BCUT2D eigenvalue weighted by molar-refractivity contribution is 5.93. The second-order valence-electron chi connectivity index (χ2n) is 5.10. The molecule has 1 heterocycles. The molecule has 2 rings (SSSR count). The molecule has 19 heavy (non-hydrogen) atoms. The molecule has 1 saturated carbocycles. The maximum atomic E-state index is 11.9. The van der Waals surface area contributed by atoms with Crippen molar-refractivity contribution in [2.45, 2.75) is 25.7 Å². The fraction of sp³-hybridized carbons (Fsp3) is 0.615. The van der Waals surface area contributed by atoms with Gasteiger partial charge in [0.2, 0.25) is 0 Å². The van der Waals surface area contributed by atoms with E-state index in [1.165, 1.54) is 6.20 Å². The predicted octanol–water partition coefficient (Wildman–Crippen LogP) is 1.04. The molecular weight excluding hydrogens is 246 g/mol. The molecule has 1 aromatic heterocycles. The minimum Gasteiger partial charge on any atom is -0.481 e. The predicted molar refractivity (Wildman–Crippen MR) is 68.6 cm³/mol. The summed E-state index contributed by atoms with van der Waals surface area (Å²) in [5.74, 6) is -1.24. The Morgan fingerprint density at radius 2 is 2.21 bits per heavy atom. The number of nitrogens with zero attached hydrogens (tertiary/aromatic N) is 2. The highest BCUT2D eigenvalue weighted by Crippen LogP contribution is 2.29. The van der Waals surface area contributed by atoms with Gasteiger partial charge in [-0.25, -0.2) is 0 Å². The minimum absolute atomic E-state index is 0.0341. The number of nitrogens with one attached hydrogen (secondary N) is 1. The summed E-state index contributed by atoms with van der Waals surface area (Å²) in [6, 6.07) is 0. The number of aromatic nitrogens is 2. The molecule has 1 amide bonds. The molecule has 0 saturated heterocycles. The number of carbonyl (C=O) groups excluding carboxylic acids is 1. The third kappa shape index (κ3) is 3.33. The Morgan fingerprint density at radius 1 is 1.47 bits per heavy atom. The minimum atomic E-state index is -0.750. The largest absolute Gasteiger partial charge is 0.481 e. The van der Waals surface area contributed by atoms with Gasteiger partial charge in [0.25, 0.3) is 5.91 Å². The lowest BCUT2D eigenvalue weighted by molar-refractivity contribution is -0.144. The molecule has 1 aliphatic carbocycles. The van der Waals surface area contributed by atoms with Crippen molar-refractivity contribution in [3.8, 4) is 0 Å². The molecule has 104 valence electrons. The second-order valence-corrected chi connectivity index (χ2v) is 5.10. The summed E-state index contributed by atoms with van der Waals surface area (Å²) < 4.78 is 1.57. The SMILES string of the molecule is Cn1cc(C(=O)NCC2CCCCC2C(=O)O)cn1. The maximum absolute atomic E-state index is 11.9. The molecule has 1 aromatic rings. The van der Waals surface area contributed by atoms with E-state index in [1.807, 2.05) is 0 Å². The van der Waals surface area contributed by atoms with Crippen LogP contribution < -0.4 is 5.32 Å². The van der Waals surface area contributed by atoms with Crippen molar-refractivity contribution in [1.82, 2.24) is 15.1 Å². The lowest BCUT2D eigenvalue weighted by atomic mass is 9.79. The molecule has 6 nitrogen and oxygen atoms in total. The van der Waals surface area contributed by atoms with Crippen LogP contribution in [0.4, 0.5) is 0 Å². The van der Waals surface area contributed by atoms with Gasteiger partial charge in [-0.15, -0.1) is 0 Å². The molecule has 0 aliphatic heterocycles. The van der Waals surface area contributed by atoms with Crippen LogP contribution in [-0.2, 0) is 11.8 Å². The average molecular weight is 265 g/mol. The summed E-state index contributed by atoms with van der Waals surface area (Å²) >= 11 is 0. The highest BCUT2D eigenvalue weighted by Gasteiger charge is 2.30. The van der Waals surface area contributed by atoms with E-state index in [9.17, 15) is 9.59 Å². The van der Waals surface area contributed by atoms with Gasteiger partial charge in [-0.3, -0.25) is 14.3 Å². The van der Waals surface area contributed by atoms with E-state index in [0.29, 0.717) is 18.5 Å². The normalized spacial score (nSPS) is 23.0. The van der Waals surface area contributed by atoms with Crippen LogP contribution in [0, 0.1) is 11.8 Å². The smallest absolute Gasteiger partial charge is 0.306 e. The molecule has 1 fully saturated rings. The van der Waals surface area contributed by atoms with Crippen LogP contribution in [0.25, 0.3) is 0 Å². The van der Waals surface area contributed by atoms with Gasteiger partial charge in [0.05, 0.1) is 17.7 Å². The molecule has 0 radical (unpaired) electrons. The molecular formula is C13H19N3O3. The number of hydrogen-bond acceptors (Lipinski definition) is 3. The van der Waals surface area contributed by atoms with Crippen molar-refractivity contribution in [3.63, 3.8) is 0 Å². The van der Waals surface area contributed by atoms with Gasteiger partial charge in [-0.1, -0.05) is 12.8 Å². The topological polar surface area (TPSA) is 84.2 Å². The van der Waals surface area contributed by atoms with Crippen LogP contribution >= 0.6 is 0 Å². The Balaban J connectivity index is 1.90. The van der Waals surface area contributed by atoms with Crippen LogP contribution in [0.1, 0.15) is 36.0 Å². The van der Waals surface area contributed by atoms with Gasteiger partial charge in [-0.05, 0) is 18.8 Å². The van der Waals surface area contributed by atoms with Gasteiger partial charge < -0.3 is 10.4 Å². The van der Waals surface area contributed by atoms with E-state index in [1.54, 1.807) is 17.9 Å². The van der Waals surface area contributed by atoms with Crippen molar-refractivity contribution < 1.29 is 14.7 Å². The first-order chi connectivity index (χ1) is 9.08. The number of amides is 1. The fourth-order valence-corrected chi connectivity index (χ4v) is 2.64. The maximum Gasteiger partial charge on any atom is 0.306 e. The Labute approximate surface area is 111 Å². The highest BCUT2D eigenvalue weighted by atomic mass is 16.4. The molecule has 2 unspecified atom stereocenters. The average Bonchev–Trinajstić information content (AvgIpc) is 2.83. The number of carboxylic acids is 1. The number of carbonyl (C=O) groups is 2. The zero-order valence-electron chi connectivity index (χ0n) is 11.0. The second kappa shape index (κ2) is 5.86. The van der Waals surface area contributed by atoms with E-state index in [0.717, 1.165) is 19.3 Å². The number of rotatable bonds is 4. The molecule has 1 aliphatic rings. The van der Waals surface area contributed by atoms with Crippen LogP contribution in [0.3, 0.4) is 0 Å². The van der Waals surface area contributed by atoms with Crippen molar-refractivity contribution >= 4 is 11.9 Å². The van der Waals surface area contributed by atoms with Crippen molar-refractivity contribution in [3.05, 3.63) is 18.0 Å². The quantitative estimate of drug-likeness (QED) is 0.852. The third-order valence-corrected chi connectivity index (χ3v) is 3.72. The van der Waals surface area contributed by atoms with Crippen LogP contribution in [0.5, 0.6) is 0 Å². The lowest BCUT2D eigenvalue weighted by Gasteiger charge is -2.28. The number of carboxylic acid groups (broad SMARTS) is 1. The Morgan fingerprint density at radius 3 is 2.84 bits per heavy atom. The Kier molecular flexibility index (Phi) is 4.19. The molecule has 2 atom stereocenters. The summed E-state index contributed by atoms with van der Waals surface area (Å²) in [5, 5.41) is 15.9. The fourth-order valence-electron chi connectivity index (χ4n) is 2.64. The number of aryl methyl sites for hydroxylation is 1. The first-order valence-electron chi connectivity index (χ1n) is 6.57. The number of hydrogen-bond donors (Lipinski definition) is 2. The Bertz CT molecular complexity index is 469. The summed E-state index contributed by atoms with van der Waals surface area (Å²) in [5.41, 5.74) is 0.505. The summed E-state index contributed by atoms with van der Waals surface area (Å²) in [7, 11) is 1.75. The van der Waals surface area contributed by atoms with E-state index in [-0.39, 0.29) is 17.7 Å². The first kappa shape index (κ1) is 13.6. The molecule has 0 spiro atoms. The van der Waals surface area contributed by atoms with E-state index < -0.39 is 5.97 Å². The van der Waals surface area contributed by atoms with Gasteiger partial charge in [0, 0.05) is 19.8 Å². The van der Waals surface area contributed by atoms with Gasteiger partial charge in [0.15, 0.2) is 0 Å². The molecule has 6 heteroatoms. The van der Waals surface area contributed by atoms with Crippen LogP contribution in [-0.4, -0.2) is 33.3 Å². The Hall–Kier alpha value is -1.85. The third-order valence-electron chi connectivity index (χ3n) is 3.72. The molecule has 2 N–H and O–H groups in total. The number of aliphatic carboxylic acids is 1. The summed E-state index contributed by atoms with van der Waals surface area (Å²) in [6.07, 6.45) is 6.73. The van der Waals surface area contributed by atoms with E-state index in [2.05, 4.69) is 10.4 Å². The molecule has 0 bridgehead atoms. The summed E-state index contributed by atoms with van der Waals surface area (Å²) in [6.45, 7) is 0.421. The van der Waals surface area contributed by atoms with Gasteiger partial charge >= 0.3 is 5.97 Å². The zero-order valence-corrected chi connectivity index (χ0v) is 11.0. The monoisotopic (exact) mass is 265 g/mol. The van der Waals surface area contributed by atoms with Gasteiger partial charge in [-0.2, -0.15) is 5.10 Å².